The van der Waals surface area contributed by atoms with Crippen LogP contribution in [-0.4, -0.2) is 49.1 Å². The molecule has 20 heavy (non-hydrogen) atoms. The van der Waals surface area contributed by atoms with Gasteiger partial charge in [-0.3, -0.25) is 4.90 Å². The van der Waals surface area contributed by atoms with Crippen LogP contribution < -0.4 is 5.73 Å². The van der Waals surface area contributed by atoms with Gasteiger partial charge in [0.05, 0.1) is 0 Å². The zero-order valence-corrected chi connectivity index (χ0v) is 13.6. The number of benzene rings is 1. The van der Waals surface area contributed by atoms with Crippen molar-refractivity contribution in [1.82, 2.24) is 9.80 Å². The topological polar surface area (TPSA) is 32.5 Å². The van der Waals surface area contributed by atoms with E-state index in [1.165, 1.54) is 22.3 Å². The van der Waals surface area contributed by atoms with Crippen LogP contribution in [0.1, 0.15) is 35.2 Å². The van der Waals surface area contributed by atoms with Crippen LogP contribution in [0.25, 0.3) is 0 Å². The van der Waals surface area contributed by atoms with E-state index in [2.05, 4.69) is 56.7 Å². The Morgan fingerprint density at radius 3 is 2.40 bits per heavy atom. The lowest BCUT2D eigenvalue weighted by molar-refractivity contribution is 0.0633. The Kier molecular flexibility index (Phi) is 4.84. The lowest BCUT2D eigenvalue weighted by Crippen LogP contribution is -2.53. The molecule has 3 nitrogen and oxygen atoms in total. The monoisotopic (exact) mass is 275 g/mol. The molecule has 1 aromatic rings. The number of likely N-dealkylation sites (N-methyl/N-ethyl adjacent to an activating group) is 1. The number of nitrogens with two attached hydrogens (primary N) is 1. The molecule has 2 N–H and O–H groups in total. The highest BCUT2D eigenvalue weighted by molar-refractivity contribution is 5.38. The summed E-state index contributed by atoms with van der Waals surface area (Å²) in [6, 6.07) is 5.54. The van der Waals surface area contributed by atoms with Gasteiger partial charge in [-0.1, -0.05) is 12.1 Å². The second-order valence-corrected chi connectivity index (χ2v) is 6.39. The van der Waals surface area contributed by atoms with E-state index in [-0.39, 0.29) is 0 Å². The van der Waals surface area contributed by atoms with Crippen molar-refractivity contribution in [3.8, 4) is 0 Å². The minimum absolute atomic E-state index is 0.345. The zero-order valence-electron chi connectivity index (χ0n) is 13.6. The summed E-state index contributed by atoms with van der Waals surface area (Å²) >= 11 is 0. The first kappa shape index (κ1) is 15.5. The largest absolute Gasteiger partial charge is 0.329 e. The fraction of sp³-hybridized carbons (Fsp3) is 0.647. The first-order valence-corrected chi connectivity index (χ1v) is 7.66. The minimum Gasteiger partial charge on any atom is -0.329 e. The van der Waals surface area contributed by atoms with E-state index in [1.807, 2.05) is 0 Å². The van der Waals surface area contributed by atoms with E-state index < -0.39 is 0 Å². The summed E-state index contributed by atoms with van der Waals surface area (Å²) in [6.07, 6.45) is 0. The van der Waals surface area contributed by atoms with Gasteiger partial charge in [0.2, 0.25) is 0 Å². The molecule has 0 amide bonds. The molecule has 2 atom stereocenters. The predicted octanol–water partition coefficient (Wildman–Crippen LogP) is 2.25. The van der Waals surface area contributed by atoms with Crippen LogP contribution in [0.3, 0.4) is 0 Å². The van der Waals surface area contributed by atoms with Gasteiger partial charge < -0.3 is 10.6 Å². The van der Waals surface area contributed by atoms with Crippen LogP contribution >= 0.6 is 0 Å². The third-order valence-corrected chi connectivity index (χ3v) is 4.75. The average molecular weight is 275 g/mol. The van der Waals surface area contributed by atoms with Gasteiger partial charge in [0, 0.05) is 38.3 Å². The van der Waals surface area contributed by atoms with Gasteiger partial charge in [-0.25, -0.2) is 0 Å². The molecule has 0 spiro atoms. The van der Waals surface area contributed by atoms with Crippen molar-refractivity contribution in [2.45, 2.75) is 39.8 Å². The summed E-state index contributed by atoms with van der Waals surface area (Å²) in [6.45, 7) is 13.0. The molecule has 0 bridgehead atoms. The van der Waals surface area contributed by atoms with Crippen LogP contribution in [0, 0.1) is 20.8 Å². The average Bonchev–Trinajstić information content (AvgIpc) is 2.38. The molecule has 1 fully saturated rings. The summed E-state index contributed by atoms with van der Waals surface area (Å²) in [5, 5.41) is 0. The Morgan fingerprint density at radius 2 is 1.80 bits per heavy atom. The SMILES string of the molecule is Cc1cc(C)c(C(CN)N2CCN(C)CC2C)cc1C. The molecule has 1 heterocycles. The number of nitrogens with zero attached hydrogens (tertiary/aromatic N) is 2. The normalized spacial score (nSPS) is 23.0. The Bertz CT molecular complexity index is 470. The molecular weight excluding hydrogens is 246 g/mol. The van der Waals surface area contributed by atoms with Gasteiger partial charge in [-0.2, -0.15) is 0 Å². The molecule has 0 saturated carbocycles. The third kappa shape index (κ3) is 3.05. The zero-order chi connectivity index (χ0) is 14.9. The van der Waals surface area contributed by atoms with Gasteiger partial charge in [0.1, 0.15) is 0 Å². The molecule has 3 heteroatoms. The van der Waals surface area contributed by atoms with Crippen molar-refractivity contribution < 1.29 is 0 Å². The van der Waals surface area contributed by atoms with E-state index in [9.17, 15) is 0 Å². The van der Waals surface area contributed by atoms with E-state index in [0.717, 1.165) is 19.6 Å². The molecule has 0 aromatic heterocycles. The number of piperazine rings is 1. The second-order valence-electron chi connectivity index (χ2n) is 6.39. The van der Waals surface area contributed by atoms with Crippen LogP contribution in [0.4, 0.5) is 0 Å². The summed E-state index contributed by atoms with van der Waals surface area (Å²) in [5.41, 5.74) is 11.6. The maximum absolute atomic E-state index is 6.13. The molecule has 0 aliphatic carbocycles. The number of rotatable bonds is 3. The van der Waals surface area contributed by atoms with Crippen LogP contribution in [0.15, 0.2) is 12.1 Å². The highest BCUT2D eigenvalue weighted by Crippen LogP contribution is 2.28. The molecule has 1 aromatic carbocycles. The molecule has 2 unspecified atom stereocenters. The fourth-order valence-electron chi connectivity index (χ4n) is 3.40. The van der Waals surface area contributed by atoms with Crippen molar-refractivity contribution in [3.05, 3.63) is 34.4 Å². The summed E-state index contributed by atoms with van der Waals surface area (Å²) in [5.74, 6) is 0. The summed E-state index contributed by atoms with van der Waals surface area (Å²) in [7, 11) is 2.20. The molecule has 0 radical (unpaired) electrons. The molecular formula is C17H29N3. The first-order valence-electron chi connectivity index (χ1n) is 7.66. The Labute approximate surface area is 123 Å². The highest BCUT2D eigenvalue weighted by atomic mass is 15.3. The predicted molar refractivity (Wildman–Crippen MR) is 86.1 cm³/mol. The van der Waals surface area contributed by atoms with E-state index in [4.69, 9.17) is 5.73 Å². The Hall–Kier alpha value is -0.900. The smallest absolute Gasteiger partial charge is 0.0477 e. The molecule has 1 saturated heterocycles. The maximum Gasteiger partial charge on any atom is 0.0477 e. The second kappa shape index (κ2) is 6.25. The van der Waals surface area contributed by atoms with Crippen molar-refractivity contribution in [2.75, 3.05) is 33.2 Å². The molecule has 1 aliphatic rings. The summed E-state index contributed by atoms with van der Waals surface area (Å²) < 4.78 is 0. The van der Waals surface area contributed by atoms with Gasteiger partial charge in [0.25, 0.3) is 0 Å². The Morgan fingerprint density at radius 1 is 1.15 bits per heavy atom. The van der Waals surface area contributed by atoms with Crippen molar-refractivity contribution in [1.29, 1.82) is 0 Å². The Balaban J connectivity index is 2.30. The van der Waals surface area contributed by atoms with Crippen LogP contribution in [0.2, 0.25) is 0 Å². The van der Waals surface area contributed by atoms with Gasteiger partial charge >= 0.3 is 0 Å². The third-order valence-electron chi connectivity index (χ3n) is 4.75. The van der Waals surface area contributed by atoms with Gasteiger partial charge in [-0.15, -0.1) is 0 Å². The minimum atomic E-state index is 0.345. The van der Waals surface area contributed by atoms with Crippen LogP contribution in [-0.2, 0) is 0 Å². The standard InChI is InChI=1S/C17H29N3/c1-12-8-14(3)16(9-13(12)2)17(10-18)20-7-6-19(5)11-15(20)4/h8-9,15,17H,6-7,10-11,18H2,1-5H3. The number of hydrogen-bond donors (Lipinski definition) is 1. The number of aryl methyl sites for hydroxylation is 3. The van der Waals surface area contributed by atoms with E-state index in [1.54, 1.807) is 0 Å². The van der Waals surface area contributed by atoms with Crippen molar-refractivity contribution in [3.63, 3.8) is 0 Å². The van der Waals surface area contributed by atoms with Crippen molar-refractivity contribution >= 4 is 0 Å². The van der Waals surface area contributed by atoms with Gasteiger partial charge in [0.15, 0.2) is 0 Å². The van der Waals surface area contributed by atoms with E-state index >= 15 is 0 Å². The van der Waals surface area contributed by atoms with Crippen LogP contribution in [0.5, 0.6) is 0 Å². The quantitative estimate of drug-likeness (QED) is 0.918. The summed E-state index contributed by atoms with van der Waals surface area (Å²) in [4.78, 5) is 4.99. The van der Waals surface area contributed by atoms with Crippen molar-refractivity contribution in [2.24, 2.45) is 5.73 Å². The lowest BCUT2D eigenvalue weighted by atomic mass is 9.93. The molecule has 112 valence electrons. The maximum atomic E-state index is 6.13. The first-order chi connectivity index (χ1) is 9.43. The number of hydrogen-bond acceptors (Lipinski definition) is 3. The lowest BCUT2D eigenvalue weighted by Gasteiger charge is -2.43. The fourth-order valence-corrected chi connectivity index (χ4v) is 3.40. The highest BCUT2D eigenvalue weighted by Gasteiger charge is 2.29. The molecule has 2 rings (SSSR count). The van der Waals surface area contributed by atoms with Gasteiger partial charge in [-0.05, 0) is 57.0 Å². The molecule has 1 aliphatic heterocycles. The van der Waals surface area contributed by atoms with E-state index in [0.29, 0.717) is 18.6 Å².